The number of ether oxygens (including phenoxy) is 1. The summed E-state index contributed by atoms with van der Waals surface area (Å²) in [5.41, 5.74) is 5.68. The van der Waals surface area contributed by atoms with Gasteiger partial charge < -0.3 is 10.5 Å². The van der Waals surface area contributed by atoms with Gasteiger partial charge in [0.05, 0.1) is 23.7 Å². The largest absolute Gasteiger partial charge is 0.465 e. The maximum Gasteiger partial charge on any atom is 0.337 e. The summed E-state index contributed by atoms with van der Waals surface area (Å²) >= 11 is 6.15. The molecule has 2 aliphatic heterocycles. The second kappa shape index (κ2) is 8.36. The van der Waals surface area contributed by atoms with Crippen molar-refractivity contribution in [1.29, 1.82) is 0 Å². The third-order valence-corrected chi connectivity index (χ3v) is 7.87. The van der Waals surface area contributed by atoms with Crippen LogP contribution in [0.3, 0.4) is 0 Å². The van der Waals surface area contributed by atoms with Crippen molar-refractivity contribution in [2.24, 2.45) is 5.73 Å². The molecule has 1 aromatic carbocycles. The molecule has 1 atom stereocenters. The van der Waals surface area contributed by atoms with E-state index in [0.717, 1.165) is 19.4 Å². The van der Waals surface area contributed by atoms with Crippen LogP contribution in [0.2, 0.25) is 5.02 Å². The van der Waals surface area contributed by atoms with Gasteiger partial charge in [0.2, 0.25) is 15.9 Å². The van der Waals surface area contributed by atoms with Crippen LogP contribution < -0.4 is 5.73 Å². The van der Waals surface area contributed by atoms with Crippen LogP contribution in [0, 0.1) is 0 Å². The van der Waals surface area contributed by atoms with Crippen molar-refractivity contribution < 1.29 is 22.7 Å². The van der Waals surface area contributed by atoms with Gasteiger partial charge in [0.25, 0.3) is 0 Å². The Kier molecular flexibility index (Phi) is 6.28. The lowest BCUT2D eigenvalue weighted by atomic mass is 10.0. The Morgan fingerprint density at radius 2 is 1.86 bits per heavy atom. The first kappa shape index (κ1) is 21.0. The fraction of sp³-hybridized carbons (Fsp3) is 0.556. The quantitative estimate of drug-likeness (QED) is 0.705. The first-order valence-corrected chi connectivity index (χ1v) is 11.0. The predicted molar refractivity (Wildman–Crippen MR) is 103 cm³/mol. The van der Waals surface area contributed by atoms with Crippen molar-refractivity contribution in [3.63, 3.8) is 0 Å². The molecule has 8 nitrogen and oxygen atoms in total. The SMILES string of the molecule is COC(=O)c1ccc(S(=O)(=O)N2CCC(N3CCCC3C(N)=O)CC2)c(Cl)c1. The molecule has 2 fully saturated rings. The van der Waals surface area contributed by atoms with Crippen molar-refractivity contribution in [3.05, 3.63) is 28.8 Å². The average Bonchev–Trinajstić information content (AvgIpc) is 3.17. The number of primary amides is 1. The Morgan fingerprint density at radius 3 is 2.43 bits per heavy atom. The molecule has 1 aromatic rings. The number of carbonyl (C=O) groups excluding carboxylic acids is 2. The van der Waals surface area contributed by atoms with Gasteiger partial charge in [-0.2, -0.15) is 4.31 Å². The third-order valence-electron chi connectivity index (χ3n) is 5.49. The van der Waals surface area contributed by atoms with Crippen LogP contribution in [0.15, 0.2) is 23.1 Å². The number of carbonyl (C=O) groups is 2. The lowest BCUT2D eigenvalue weighted by Crippen LogP contribution is -2.51. The van der Waals surface area contributed by atoms with Crippen molar-refractivity contribution in [3.8, 4) is 0 Å². The van der Waals surface area contributed by atoms with Crippen LogP contribution in [0.1, 0.15) is 36.0 Å². The number of esters is 1. The van der Waals surface area contributed by atoms with E-state index >= 15 is 0 Å². The first-order valence-electron chi connectivity index (χ1n) is 9.18. The monoisotopic (exact) mass is 429 g/mol. The predicted octanol–water partition coefficient (Wildman–Crippen LogP) is 1.23. The van der Waals surface area contributed by atoms with Gasteiger partial charge in [0.15, 0.2) is 0 Å². The summed E-state index contributed by atoms with van der Waals surface area (Å²) in [5, 5.41) is -0.0154. The molecule has 0 saturated carbocycles. The van der Waals surface area contributed by atoms with Crippen LogP contribution in [-0.2, 0) is 19.6 Å². The van der Waals surface area contributed by atoms with Gasteiger partial charge in [-0.05, 0) is 50.4 Å². The highest BCUT2D eigenvalue weighted by atomic mass is 35.5. The van der Waals surface area contributed by atoms with Crippen molar-refractivity contribution in [2.45, 2.75) is 42.7 Å². The lowest BCUT2D eigenvalue weighted by molar-refractivity contribution is -0.123. The molecule has 2 saturated heterocycles. The average molecular weight is 430 g/mol. The molecule has 2 heterocycles. The minimum Gasteiger partial charge on any atom is -0.465 e. The van der Waals surface area contributed by atoms with Crippen molar-refractivity contribution >= 4 is 33.5 Å². The van der Waals surface area contributed by atoms with E-state index in [-0.39, 0.29) is 33.5 Å². The van der Waals surface area contributed by atoms with Gasteiger partial charge in [-0.1, -0.05) is 11.6 Å². The van der Waals surface area contributed by atoms with E-state index in [4.69, 9.17) is 17.3 Å². The molecule has 0 spiro atoms. The molecular weight excluding hydrogens is 406 g/mol. The van der Waals surface area contributed by atoms with Gasteiger partial charge in [0, 0.05) is 19.1 Å². The molecule has 0 radical (unpaired) electrons. The summed E-state index contributed by atoms with van der Waals surface area (Å²) in [6.07, 6.45) is 2.94. The lowest BCUT2D eigenvalue weighted by Gasteiger charge is -2.38. The highest BCUT2D eigenvalue weighted by Crippen LogP contribution is 2.31. The Bertz CT molecular complexity index is 868. The van der Waals surface area contributed by atoms with Crippen molar-refractivity contribution in [1.82, 2.24) is 9.21 Å². The van der Waals surface area contributed by atoms with E-state index in [1.165, 1.54) is 29.6 Å². The molecule has 1 amide bonds. The summed E-state index contributed by atoms with van der Waals surface area (Å²) in [6, 6.07) is 3.91. The number of halogens is 1. The number of piperidine rings is 1. The topological polar surface area (TPSA) is 110 Å². The zero-order valence-electron chi connectivity index (χ0n) is 15.6. The number of rotatable bonds is 5. The fourth-order valence-corrected chi connectivity index (χ4v) is 6.03. The number of nitrogens with zero attached hydrogens (tertiary/aromatic N) is 2. The van der Waals surface area contributed by atoms with Crippen LogP contribution in [0.5, 0.6) is 0 Å². The van der Waals surface area contributed by atoms with Gasteiger partial charge in [-0.15, -0.1) is 0 Å². The zero-order chi connectivity index (χ0) is 20.5. The molecule has 154 valence electrons. The van der Waals surface area contributed by atoms with E-state index in [1.54, 1.807) is 0 Å². The normalized spacial score (nSPS) is 22.3. The molecule has 2 aliphatic rings. The molecule has 28 heavy (non-hydrogen) atoms. The Morgan fingerprint density at radius 1 is 1.18 bits per heavy atom. The zero-order valence-corrected chi connectivity index (χ0v) is 17.2. The fourth-order valence-electron chi connectivity index (χ4n) is 4.04. The van der Waals surface area contributed by atoms with Crippen LogP contribution >= 0.6 is 11.6 Å². The van der Waals surface area contributed by atoms with E-state index in [0.29, 0.717) is 25.9 Å². The number of hydrogen-bond donors (Lipinski definition) is 1. The summed E-state index contributed by atoms with van der Waals surface area (Å²) in [5.74, 6) is -0.897. The molecular formula is C18H24ClN3O5S. The number of methoxy groups -OCH3 is 1. The van der Waals surface area contributed by atoms with Crippen molar-refractivity contribution in [2.75, 3.05) is 26.7 Å². The summed E-state index contributed by atoms with van der Waals surface area (Å²) in [6.45, 7) is 1.49. The molecule has 0 bridgehead atoms. The highest BCUT2D eigenvalue weighted by Gasteiger charge is 2.38. The minimum atomic E-state index is -3.78. The number of likely N-dealkylation sites (tertiary alicyclic amines) is 1. The van der Waals surface area contributed by atoms with E-state index in [9.17, 15) is 18.0 Å². The van der Waals surface area contributed by atoms with Crippen LogP contribution in [0.25, 0.3) is 0 Å². The van der Waals surface area contributed by atoms with Gasteiger partial charge >= 0.3 is 5.97 Å². The van der Waals surface area contributed by atoms with Gasteiger partial charge in [-0.3, -0.25) is 9.69 Å². The van der Waals surface area contributed by atoms with Gasteiger partial charge in [0.1, 0.15) is 4.90 Å². The van der Waals surface area contributed by atoms with Crippen LogP contribution in [-0.4, -0.2) is 68.3 Å². The molecule has 3 rings (SSSR count). The van der Waals surface area contributed by atoms with Gasteiger partial charge in [-0.25, -0.2) is 13.2 Å². The molecule has 10 heteroatoms. The first-order chi connectivity index (χ1) is 13.3. The summed E-state index contributed by atoms with van der Waals surface area (Å²) in [7, 11) is -2.54. The summed E-state index contributed by atoms with van der Waals surface area (Å²) in [4.78, 5) is 25.3. The van der Waals surface area contributed by atoms with Crippen LogP contribution in [0.4, 0.5) is 0 Å². The van der Waals surface area contributed by atoms with E-state index < -0.39 is 16.0 Å². The highest BCUT2D eigenvalue weighted by molar-refractivity contribution is 7.89. The molecule has 2 N–H and O–H groups in total. The molecule has 1 unspecified atom stereocenters. The summed E-state index contributed by atoms with van der Waals surface area (Å²) < 4.78 is 32.0. The molecule has 0 aliphatic carbocycles. The number of nitrogens with two attached hydrogens (primary N) is 1. The minimum absolute atomic E-state index is 0.0154. The Balaban J connectivity index is 1.71. The molecule has 0 aromatic heterocycles. The smallest absolute Gasteiger partial charge is 0.337 e. The maximum absolute atomic E-state index is 13.0. The van der Waals surface area contributed by atoms with E-state index in [2.05, 4.69) is 9.64 Å². The standard InChI is InChI=1S/C18H24ClN3O5S/c1-27-18(24)12-4-5-16(14(19)11-12)28(25,26)21-9-6-13(7-10-21)22-8-2-3-15(22)17(20)23/h4-5,11,13,15H,2-3,6-10H2,1H3,(H2,20,23). The number of amides is 1. The second-order valence-electron chi connectivity index (χ2n) is 7.07. The number of sulfonamides is 1. The number of hydrogen-bond acceptors (Lipinski definition) is 6. The second-order valence-corrected chi connectivity index (χ2v) is 9.38. The Hall–Kier alpha value is -1.68. The van der Waals surface area contributed by atoms with E-state index in [1.807, 2.05) is 0 Å². The Labute approximate surface area is 169 Å². The number of benzene rings is 1. The third kappa shape index (κ3) is 4.03. The maximum atomic E-state index is 13.0.